The highest BCUT2D eigenvalue weighted by molar-refractivity contribution is 5.86. The Bertz CT molecular complexity index is 442. The molecule has 1 aromatic rings. The van der Waals surface area contributed by atoms with E-state index in [1.807, 2.05) is 0 Å². The van der Waals surface area contributed by atoms with Crippen LogP contribution in [0.1, 0.15) is 12.2 Å². The average molecular weight is 270 g/mol. The summed E-state index contributed by atoms with van der Waals surface area (Å²) in [5.41, 5.74) is 0. The van der Waals surface area contributed by atoms with Gasteiger partial charge in [0.05, 0.1) is 26.3 Å². The first-order chi connectivity index (χ1) is 9.02. The van der Waals surface area contributed by atoms with Crippen molar-refractivity contribution in [2.24, 2.45) is 0 Å². The molecule has 3 N–H and O–H groups in total. The van der Waals surface area contributed by atoms with E-state index in [-0.39, 0.29) is 6.54 Å². The van der Waals surface area contributed by atoms with E-state index >= 15 is 0 Å². The molecule has 1 aromatic heterocycles. The van der Waals surface area contributed by atoms with E-state index in [2.05, 4.69) is 15.4 Å². The molecule has 0 aromatic carbocycles. The zero-order valence-electron chi connectivity index (χ0n) is 10.2. The number of hydrogen-bond acceptors (Lipinski definition) is 5. The maximum atomic E-state index is 11.4. The summed E-state index contributed by atoms with van der Waals surface area (Å²) in [6.45, 7) is 0.114. The number of methoxy groups -OCH3 is 1. The number of urea groups is 1. The van der Waals surface area contributed by atoms with Gasteiger partial charge in [0, 0.05) is 0 Å². The number of aliphatic carboxylic acids is 1. The lowest BCUT2D eigenvalue weighted by atomic mass is 10.2. The molecule has 2 amide bonds. The first-order valence-corrected chi connectivity index (χ1v) is 5.39. The Kier molecular flexibility index (Phi) is 5.39. The van der Waals surface area contributed by atoms with Gasteiger partial charge in [0.2, 0.25) is 0 Å². The molecule has 0 bridgehead atoms. The van der Waals surface area contributed by atoms with Gasteiger partial charge in [0.1, 0.15) is 11.8 Å². The van der Waals surface area contributed by atoms with Gasteiger partial charge in [-0.15, -0.1) is 0 Å². The van der Waals surface area contributed by atoms with Crippen molar-refractivity contribution in [3.63, 3.8) is 0 Å². The molecule has 0 aliphatic rings. The van der Waals surface area contributed by atoms with Crippen LogP contribution in [0.3, 0.4) is 0 Å². The van der Waals surface area contributed by atoms with E-state index in [1.165, 1.54) is 6.26 Å². The predicted octanol–water partition coefficient (Wildman–Crippen LogP) is 0.0951. The standard InChI is InChI=1S/C11H14N2O6/c1-18-9(14)5-8(10(15)16)13-11(17)12-6-7-3-2-4-19-7/h2-4,8H,5-6H2,1H3,(H,15,16)(H2,12,13,17)/t8-/m0/s1. The highest BCUT2D eigenvalue weighted by atomic mass is 16.5. The van der Waals surface area contributed by atoms with Crippen LogP contribution in [0.4, 0.5) is 4.79 Å². The number of ether oxygens (including phenoxy) is 1. The summed E-state index contributed by atoms with van der Waals surface area (Å²) in [5.74, 6) is -1.52. The van der Waals surface area contributed by atoms with Crippen LogP contribution in [-0.2, 0) is 20.9 Å². The van der Waals surface area contributed by atoms with Crippen molar-refractivity contribution in [1.29, 1.82) is 0 Å². The summed E-state index contributed by atoms with van der Waals surface area (Å²) < 4.78 is 9.33. The van der Waals surface area contributed by atoms with Gasteiger partial charge < -0.3 is 24.9 Å². The summed E-state index contributed by atoms with van der Waals surface area (Å²) in [6, 6.07) is 1.26. The first kappa shape index (κ1) is 14.6. The molecule has 1 atom stereocenters. The Hall–Kier alpha value is -2.51. The molecule has 0 saturated heterocycles. The van der Waals surface area contributed by atoms with E-state index in [1.54, 1.807) is 12.1 Å². The minimum atomic E-state index is -1.34. The van der Waals surface area contributed by atoms with Crippen LogP contribution in [0.5, 0.6) is 0 Å². The molecule has 104 valence electrons. The Morgan fingerprint density at radius 1 is 1.47 bits per heavy atom. The molecule has 8 nitrogen and oxygen atoms in total. The number of carbonyl (C=O) groups is 3. The van der Waals surface area contributed by atoms with Crippen LogP contribution < -0.4 is 10.6 Å². The Labute approximate surface area is 108 Å². The lowest BCUT2D eigenvalue weighted by molar-refractivity contribution is -0.147. The fraction of sp³-hybridized carbons (Fsp3) is 0.364. The normalized spacial score (nSPS) is 11.4. The van der Waals surface area contributed by atoms with E-state index in [9.17, 15) is 14.4 Å². The Morgan fingerprint density at radius 2 is 2.21 bits per heavy atom. The molecule has 1 heterocycles. The smallest absolute Gasteiger partial charge is 0.326 e. The second kappa shape index (κ2) is 7.04. The molecular formula is C11H14N2O6. The van der Waals surface area contributed by atoms with E-state index < -0.39 is 30.4 Å². The molecule has 0 aliphatic heterocycles. The number of hydrogen-bond donors (Lipinski definition) is 3. The topological polar surface area (TPSA) is 118 Å². The van der Waals surface area contributed by atoms with Crippen LogP contribution in [0.2, 0.25) is 0 Å². The molecule has 19 heavy (non-hydrogen) atoms. The minimum Gasteiger partial charge on any atom is -0.480 e. The molecule has 0 radical (unpaired) electrons. The van der Waals surface area contributed by atoms with Crippen molar-refractivity contribution in [3.05, 3.63) is 24.2 Å². The zero-order valence-corrected chi connectivity index (χ0v) is 10.2. The summed E-state index contributed by atoms with van der Waals surface area (Å²) in [4.78, 5) is 33.3. The molecule has 8 heteroatoms. The molecule has 0 unspecified atom stereocenters. The number of carboxylic acid groups (broad SMARTS) is 1. The van der Waals surface area contributed by atoms with Crippen LogP contribution in [0.25, 0.3) is 0 Å². The fourth-order valence-corrected chi connectivity index (χ4v) is 1.24. The van der Waals surface area contributed by atoms with Crippen molar-refractivity contribution < 1.29 is 28.6 Å². The zero-order chi connectivity index (χ0) is 14.3. The number of carbonyl (C=O) groups excluding carboxylic acids is 2. The molecule has 0 aliphatic carbocycles. The van der Waals surface area contributed by atoms with Gasteiger partial charge >= 0.3 is 18.0 Å². The van der Waals surface area contributed by atoms with Crippen LogP contribution in [-0.4, -0.2) is 36.2 Å². The summed E-state index contributed by atoms with van der Waals surface area (Å²) >= 11 is 0. The second-order valence-electron chi connectivity index (χ2n) is 3.58. The van der Waals surface area contributed by atoms with Gasteiger partial charge in [-0.05, 0) is 12.1 Å². The lowest BCUT2D eigenvalue weighted by Crippen LogP contribution is -2.46. The van der Waals surface area contributed by atoms with E-state index in [0.717, 1.165) is 7.11 Å². The van der Waals surface area contributed by atoms with Crippen molar-refractivity contribution >= 4 is 18.0 Å². The number of nitrogens with one attached hydrogen (secondary N) is 2. The Morgan fingerprint density at radius 3 is 2.74 bits per heavy atom. The quantitative estimate of drug-likeness (QED) is 0.631. The number of carboxylic acids is 1. The first-order valence-electron chi connectivity index (χ1n) is 5.39. The lowest BCUT2D eigenvalue weighted by Gasteiger charge is -2.13. The number of esters is 1. The number of amides is 2. The van der Waals surface area contributed by atoms with Crippen LogP contribution in [0, 0.1) is 0 Å². The molecule has 0 spiro atoms. The van der Waals surface area contributed by atoms with E-state index in [0.29, 0.717) is 5.76 Å². The highest BCUT2D eigenvalue weighted by Gasteiger charge is 2.23. The Balaban J connectivity index is 2.42. The second-order valence-corrected chi connectivity index (χ2v) is 3.58. The highest BCUT2D eigenvalue weighted by Crippen LogP contribution is 1.99. The van der Waals surface area contributed by atoms with Gasteiger partial charge in [0.15, 0.2) is 0 Å². The van der Waals surface area contributed by atoms with Gasteiger partial charge in [-0.1, -0.05) is 0 Å². The third kappa shape index (κ3) is 5.11. The van der Waals surface area contributed by atoms with Crippen molar-refractivity contribution in [3.8, 4) is 0 Å². The third-order valence-electron chi connectivity index (χ3n) is 2.21. The maximum Gasteiger partial charge on any atom is 0.326 e. The number of rotatable bonds is 6. The van der Waals surface area contributed by atoms with Gasteiger partial charge in [0.25, 0.3) is 0 Å². The summed E-state index contributed by atoms with van der Waals surface area (Å²) in [5, 5.41) is 13.4. The van der Waals surface area contributed by atoms with Crippen molar-refractivity contribution in [2.75, 3.05) is 7.11 Å². The minimum absolute atomic E-state index is 0.114. The molecule has 1 rings (SSSR count). The monoisotopic (exact) mass is 270 g/mol. The maximum absolute atomic E-state index is 11.4. The molecule has 0 fully saturated rings. The van der Waals surface area contributed by atoms with Crippen LogP contribution in [0.15, 0.2) is 22.8 Å². The SMILES string of the molecule is COC(=O)C[C@H](NC(=O)NCc1ccco1)C(=O)O. The van der Waals surface area contributed by atoms with E-state index in [4.69, 9.17) is 9.52 Å². The largest absolute Gasteiger partial charge is 0.480 e. The average Bonchev–Trinajstić information content (AvgIpc) is 2.88. The van der Waals surface area contributed by atoms with Crippen molar-refractivity contribution in [1.82, 2.24) is 10.6 Å². The summed E-state index contributed by atoms with van der Waals surface area (Å²) in [6.07, 6.45) is 1.01. The van der Waals surface area contributed by atoms with Crippen LogP contribution >= 0.6 is 0 Å². The van der Waals surface area contributed by atoms with Gasteiger partial charge in [-0.3, -0.25) is 4.79 Å². The molecular weight excluding hydrogens is 256 g/mol. The third-order valence-corrected chi connectivity index (χ3v) is 2.21. The van der Waals surface area contributed by atoms with Gasteiger partial charge in [-0.2, -0.15) is 0 Å². The predicted molar refractivity (Wildman–Crippen MR) is 62.1 cm³/mol. The molecule has 0 saturated carbocycles. The number of furan rings is 1. The van der Waals surface area contributed by atoms with Crippen molar-refractivity contribution in [2.45, 2.75) is 19.0 Å². The fourth-order valence-electron chi connectivity index (χ4n) is 1.24. The summed E-state index contributed by atoms with van der Waals surface area (Å²) in [7, 11) is 1.14. The van der Waals surface area contributed by atoms with Gasteiger partial charge in [-0.25, -0.2) is 9.59 Å².